The Balaban J connectivity index is 2.93. The van der Waals surface area contributed by atoms with Gasteiger partial charge in [0.25, 0.3) is 0 Å². The number of terminal acetylenes is 1. The van der Waals surface area contributed by atoms with Crippen molar-refractivity contribution < 1.29 is 0 Å². The molecule has 0 aliphatic rings. The normalized spacial score (nSPS) is 12.1. The first-order chi connectivity index (χ1) is 6.29. The molecule has 0 aliphatic heterocycles. The maximum absolute atomic E-state index is 5.91. The van der Waals surface area contributed by atoms with Crippen molar-refractivity contribution in [2.45, 2.75) is 25.8 Å². The van der Waals surface area contributed by atoms with E-state index in [1.807, 2.05) is 12.3 Å². The zero-order valence-electron chi connectivity index (χ0n) is 7.83. The van der Waals surface area contributed by atoms with Gasteiger partial charge in [0.15, 0.2) is 0 Å². The van der Waals surface area contributed by atoms with E-state index in [0.717, 1.165) is 12.0 Å². The lowest BCUT2D eigenvalue weighted by atomic mass is 10.00. The van der Waals surface area contributed by atoms with Crippen LogP contribution in [0.4, 0.5) is 0 Å². The molecule has 0 radical (unpaired) electrons. The van der Waals surface area contributed by atoms with E-state index in [4.69, 9.17) is 12.2 Å². The second-order valence-corrected chi connectivity index (χ2v) is 2.94. The third-order valence-electron chi connectivity index (χ3n) is 2.06. The average Bonchev–Trinajstić information content (AvgIpc) is 2.18. The molecule has 1 rings (SSSR count). The highest BCUT2D eigenvalue weighted by Gasteiger charge is 2.07. The lowest BCUT2D eigenvalue weighted by molar-refractivity contribution is 0.739. The number of aryl methyl sites for hydroxylation is 1. The van der Waals surface area contributed by atoms with Crippen molar-refractivity contribution in [3.05, 3.63) is 29.6 Å². The van der Waals surface area contributed by atoms with Crippen LogP contribution in [0.5, 0.6) is 0 Å². The molecule has 0 aliphatic carbocycles. The highest BCUT2D eigenvalue weighted by molar-refractivity contribution is 5.27. The van der Waals surface area contributed by atoms with Crippen LogP contribution in [0.25, 0.3) is 0 Å². The molecule has 0 saturated heterocycles. The van der Waals surface area contributed by atoms with E-state index in [1.54, 1.807) is 6.20 Å². The largest absolute Gasteiger partial charge is 0.323 e. The summed E-state index contributed by atoms with van der Waals surface area (Å²) in [5, 5.41) is 0. The number of hydrogen-bond donors (Lipinski definition) is 1. The Kier molecular flexibility index (Phi) is 3.48. The Labute approximate surface area is 79.2 Å². The van der Waals surface area contributed by atoms with Crippen molar-refractivity contribution in [1.82, 2.24) is 4.98 Å². The quantitative estimate of drug-likeness (QED) is 0.708. The van der Waals surface area contributed by atoms with Crippen LogP contribution >= 0.6 is 0 Å². The number of pyridine rings is 1. The van der Waals surface area contributed by atoms with E-state index >= 15 is 0 Å². The van der Waals surface area contributed by atoms with Gasteiger partial charge in [0.2, 0.25) is 0 Å². The van der Waals surface area contributed by atoms with Crippen molar-refractivity contribution in [2.24, 2.45) is 5.73 Å². The first-order valence-corrected chi connectivity index (χ1v) is 4.41. The molecule has 2 nitrogen and oxygen atoms in total. The van der Waals surface area contributed by atoms with Gasteiger partial charge in [0.1, 0.15) is 0 Å². The summed E-state index contributed by atoms with van der Waals surface area (Å²) in [5.74, 6) is 2.57. The van der Waals surface area contributed by atoms with Gasteiger partial charge in [-0.25, -0.2) is 0 Å². The van der Waals surface area contributed by atoms with Crippen molar-refractivity contribution in [3.8, 4) is 12.3 Å². The second-order valence-electron chi connectivity index (χ2n) is 2.94. The first-order valence-electron chi connectivity index (χ1n) is 4.41. The monoisotopic (exact) mass is 174 g/mol. The summed E-state index contributed by atoms with van der Waals surface area (Å²) >= 11 is 0. The van der Waals surface area contributed by atoms with Crippen LogP contribution in [0.3, 0.4) is 0 Å². The lowest BCUT2D eigenvalue weighted by Crippen LogP contribution is -2.11. The highest BCUT2D eigenvalue weighted by Crippen LogP contribution is 2.17. The van der Waals surface area contributed by atoms with Gasteiger partial charge in [0.05, 0.1) is 0 Å². The van der Waals surface area contributed by atoms with Crippen molar-refractivity contribution in [1.29, 1.82) is 0 Å². The van der Waals surface area contributed by atoms with E-state index in [2.05, 4.69) is 17.8 Å². The standard InChI is InChI=1S/C11H14N2/c1-3-5-11(12)10-6-7-13-8-9(10)4-2/h1,6-8,11H,4-5,12H2,2H3. The Morgan fingerprint density at radius 1 is 1.69 bits per heavy atom. The van der Waals surface area contributed by atoms with Crippen LogP contribution < -0.4 is 5.73 Å². The van der Waals surface area contributed by atoms with Gasteiger partial charge in [-0.2, -0.15) is 0 Å². The molecule has 1 atom stereocenters. The van der Waals surface area contributed by atoms with E-state index < -0.39 is 0 Å². The molecule has 1 unspecified atom stereocenters. The van der Waals surface area contributed by atoms with Crippen LogP contribution in [0.1, 0.15) is 30.5 Å². The van der Waals surface area contributed by atoms with Crippen molar-refractivity contribution in [3.63, 3.8) is 0 Å². The molecule has 13 heavy (non-hydrogen) atoms. The van der Waals surface area contributed by atoms with Crippen LogP contribution in [-0.4, -0.2) is 4.98 Å². The fourth-order valence-electron chi connectivity index (χ4n) is 1.33. The molecule has 0 aromatic carbocycles. The average molecular weight is 174 g/mol. The lowest BCUT2D eigenvalue weighted by Gasteiger charge is -2.12. The minimum Gasteiger partial charge on any atom is -0.323 e. The third-order valence-corrected chi connectivity index (χ3v) is 2.06. The molecule has 0 spiro atoms. The molecular weight excluding hydrogens is 160 g/mol. The van der Waals surface area contributed by atoms with Crippen LogP contribution in [0.2, 0.25) is 0 Å². The molecule has 0 fully saturated rings. The number of nitrogens with zero attached hydrogens (tertiary/aromatic N) is 1. The first kappa shape index (κ1) is 9.76. The molecule has 68 valence electrons. The number of nitrogens with two attached hydrogens (primary N) is 1. The smallest absolute Gasteiger partial charge is 0.0409 e. The molecular formula is C11H14N2. The second kappa shape index (κ2) is 4.64. The zero-order valence-corrected chi connectivity index (χ0v) is 7.83. The van der Waals surface area contributed by atoms with Crippen molar-refractivity contribution >= 4 is 0 Å². The van der Waals surface area contributed by atoms with E-state index in [-0.39, 0.29) is 6.04 Å². The SMILES string of the molecule is C#CCC(N)c1ccncc1CC. The zero-order chi connectivity index (χ0) is 9.68. The van der Waals surface area contributed by atoms with Gasteiger partial charge in [-0.1, -0.05) is 6.92 Å². The molecule has 2 heteroatoms. The third kappa shape index (κ3) is 2.30. The molecule has 0 saturated carbocycles. The van der Waals surface area contributed by atoms with Crippen LogP contribution in [-0.2, 0) is 6.42 Å². The molecule has 0 bridgehead atoms. The molecule has 1 aromatic rings. The topological polar surface area (TPSA) is 38.9 Å². The Morgan fingerprint density at radius 2 is 2.46 bits per heavy atom. The number of hydrogen-bond acceptors (Lipinski definition) is 2. The highest BCUT2D eigenvalue weighted by atomic mass is 14.7. The van der Waals surface area contributed by atoms with Gasteiger partial charge in [-0.05, 0) is 23.6 Å². The fraction of sp³-hybridized carbons (Fsp3) is 0.364. The summed E-state index contributed by atoms with van der Waals surface area (Å²) in [7, 11) is 0. The van der Waals surface area contributed by atoms with Gasteiger partial charge in [-0.3, -0.25) is 4.98 Å². The van der Waals surface area contributed by atoms with E-state index in [9.17, 15) is 0 Å². The van der Waals surface area contributed by atoms with Gasteiger partial charge >= 0.3 is 0 Å². The maximum Gasteiger partial charge on any atom is 0.0409 e. The minimum atomic E-state index is -0.0528. The van der Waals surface area contributed by atoms with E-state index in [0.29, 0.717) is 6.42 Å². The predicted molar refractivity (Wildman–Crippen MR) is 54.0 cm³/mol. The van der Waals surface area contributed by atoms with E-state index in [1.165, 1.54) is 5.56 Å². The summed E-state index contributed by atoms with van der Waals surface area (Å²) < 4.78 is 0. The number of aromatic nitrogens is 1. The Bertz CT molecular complexity index is 312. The minimum absolute atomic E-state index is 0.0528. The molecule has 0 amide bonds. The Hall–Kier alpha value is -1.33. The Morgan fingerprint density at radius 3 is 3.08 bits per heavy atom. The molecule has 1 heterocycles. The van der Waals surface area contributed by atoms with Crippen LogP contribution in [0.15, 0.2) is 18.5 Å². The summed E-state index contributed by atoms with van der Waals surface area (Å²) in [4.78, 5) is 4.05. The van der Waals surface area contributed by atoms with Gasteiger partial charge in [-0.15, -0.1) is 12.3 Å². The maximum atomic E-state index is 5.91. The summed E-state index contributed by atoms with van der Waals surface area (Å²) in [5.41, 5.74) is 8.22. The summed E-state index contributed by atoms with van der Waals surface area (Å²) in [6, 6.07) is 1.89. The van der Waals surface area contributed by atoms with Crippen molar-refractivity contribution in [2.75, 3.05) is 0 Å². The van der Waals surface area contributed by atoms with Gasteiger partial charge in [0, 0.05) is 24.9 Å². The summed E-state index contributed by atoms with van der Waals surface area (Å²) in [6.07, 6.45) is 10.3. The molecule has 2 N–H and O–H groups in total. The van der Waals surface area contributed by atoms with Crippen LogP contribution in [0, 0.1) is 12.3 Å². The molecule has 1 aromatic heterocycles. The number of rotatable bonds is 3. The van der Waals surface area contributed by atoms with Gasteiger partial charge < -0.3 is 5.73 Å². The fourth-order valence-corrected chi connectivity index (χ4v) is 1.33. The summed E-state index contributed by atoms with van der Waals surface area (Å²) in [6.45, 7) is 2.09. The predicted octanol–water partition coefficient (Wildman–Crippen LogP) is 1.67.